The summed E-state index contributed by atoms with van der Waals surface area (Å²) in [6, 6.07) is 8.93. The summed E-state index contributed by atoms with van der Waals surface area (Å²) in [6.45, 7) is 9.81. The summed E-state index contributed by atoms with van der Waals surface area (Å²) in [4.78, 5) is 12.5. The van der Waals surface area contributed by atoms with Crippen LogP contribution in [0.15, 0.2) is 95.2 Å². The predicted molar refractivity (Wildman–Crippen MR) is 254 cm³/mol. The minimum atomic E-state index is -1.24. The molecule has 10 nitrogen and oxygen atoms in total. The molecule has 0 unspecified atom stereocenters. The maximum absolute atomic E-state index is 13.0. The Labute approximate surface area is 383 Å². The molecule has 0 saturated heterocycles. The Bertz CT molecular complexity index is 1880. The van der Waals surface area contributed by atoms with Crippen LogP contribution < -0.4 is 10.6 Å². The van der Waals surface area contributed by atoms with Crippen LogP contribution in [0, 0.1) is 40.9 Å². The van der Waals surface area contributed by atoms with Crippen molar-refractivity contribution in [3.05, 3.63) is 106 Å². The van der Waals surface area contributed by atoms with E-state index < -0.39 is 23.3 Å². The number of fused-ring (bicyclic) bond motifs is 5. The van der Waals surface area contributed by atoms with E-state index in [1.54, 1.807) is 7.11 Å². The number of carbonyl (C=O) groups is 1. The molecule has 4 aliphatic carbocycles. The Morgan fingerprint density at radius 3 is 2.55 bits per heavy atom. The van der Waals surface area contributed by atoms with Gasteiger partial charge >= 0.3 is 0 Å². The fraction of sp³-hybridized carbons (Fsp3) is 0.648. The number of hydrogen-bond donors (Lipinski definition) is 7. The Hall–Kier alpha value is -3.03. The Morgan fingerprint density at radius 2 is 1.83 bits per heavy atom. The van der Waals surface area contributed by atoms with Crippen LogP contribution in [0.5, 0.6) is 0 Å². The zero-order valence-corrected chi connectivity index (χ0v) is 39.3. The summed E-state index contributed by atoms with van der Waals surface area (Å²) < 4.78 is 11.7. The maximum atomic E-state index is 13.0. The van der Waals surface area contributed by atoms with E-state index >= 15 is 0 Å². The van der Waals surface area contributed by atoms with Gasteiger partial charge in [-0.2, -0.15) is 0 Å². The molecule has 4 bridgehead atoms. The molecule has 1 heterocycles. The zero-order valence-electron chi connectivity index (χ0n) is 39.3. The van der Waals surface area contributed by atoms with Crippen LogP contribution >= 0.6 is 0 Å². The van der Waals surface area contributed by atoms with E-state index in [9.17, 15) is 30.3 Å². The highest BCUT2D eigenvalue weighted by Gasteiger charge is 2.68. The largest absolute Gasteiger partial charge is 0.396 e. The van der Waals surface area contributed by atoms with Crippen molar-refractivity contribution in [3.63, 3.8) is 0 Å². The molecule has 1 aromatic carbocycles. The fourth-order valence-corrected chi connectivity index (χ4v) is 12.9. The monoisotopic (exact) mass is 885 g/mol. The number of nitrogens with one attached hydrogen (secondary N) is 2. The van der Waals surface area contributed by atoms with E-state index in [0.29, 0.717) is 63.2 Å². The van der Waals surface area contributed by atoms with Crippen molar-refractivity contribution in [1.29, 1.82) is 0 Å². The number of benzene rings is 1. The van der Waals surface area contributed by atoms with Crippen LogP contribution in [0.4, 0.5) is 0 Å². The van der Waals surface area contributed by atoms with Crippen molar-refractivity contribution in [1.82, 2.24) is 10.6 Å². The van der Waals surface area contributed by atoms with Crippen molar-refractivity contribution in [3.8, 4) is 0 Å². The Kier molecular flexibility index (Phi) is 18.2. The minimum absolute atomic E-state index is 0.0434. The number of aldehydes is 1. The van der Waals surface area contributed by atoms with Gasteiger partial charge in [0.1, 0.15) is 12.5 Å². The van der Waals surface area contributed by atoms with E-state index in [4.69, 9.17) is 9.47 Å². The van der Waals surface area contributed by atoms with E-state index in [2.05, 4.69) is 59.7 Å². The SMILES string of the molecule is C=C(/C=C/C=C(/COCCO)[C@@H]1CC[C@]2([C@@H]1O)[C@@H]1C(=C(C)C=O)[C@@H](C=C[C@@H]1CCO)C[C@]2(O)CCNC)[C@H]1C/C=C(\C)[C@@H](O)N[C@@](CCOC)(C2CCCCC2)Cc2cccc(c2)C1. The number of allylic oxidation sites excluding steroid dienone is 9. The normalized spacial score (nSPS) is 35.5. The predicted octanol–water partition coefficient (Wildman–Crippen LogP) is 6.87. The second-order valence-electron chi connectivity index (χ2n) is 19.9. The molecule has 3 saturated carbocycles. The summed E-state index contributed by atoms with van der Waals surface area (Å²) in [7, 11) is 3.63. The summed E-state index contributed by atoms with van der Waals surface area (Å²) in [5.74, 6) is -0.477. The average Bonchev–Trinajstić information content (AvgIpc) is 3.64. The number of methoxy groups -OCH3 is 1. The van der Waals surface area contributed by atoms with Crippen molar-refractivity contribution in [2.75, 3.05) is 53.7 Å². The molecule has 10 heteroatoms. The van der Waals surface area contributed by atoms with Crippen LogP contribution in [0.2, 0.25) is 0 Å². The first-order valence-electron chi connectivity index (χ1n) is 24.3. The molecule has 5 aliphatic rings. The molecular formula is C54H80N2O8. The molecule has 7 N–H and O–H groups in total. The van der Waals surface area contributed by atoms with Crippen molar-refractivity contribution >= 4 is 6.29 Å². The number of aliphatic hydroxyl groups is 5. The molecule has 0 radical (unpaired) electrons. The van der Waals surface area contributed by atoms with E-state index in [1.165, 1.54) is 30.4 Å². The highest BCUT2D eigenvalue weighted by molar-refractivity contribution is 5.74. The van der Waals surface area contributed by atoms with Gasteiger partial charge in [-0.15, -0.1) is 0 Å². The standard InChI is InChI=1S/C54H80N2O8/c1-37(43-18-17-38(2)51(61)56-52(25-29-63-5,46-15-7-6-8-16-46)33-41-13-10-12-40(31-41)32-43)11-9-14-45(36-64-30-28-58)47-21-23-54(50(47)60)49-42(22-27-57)19-20-44(48(49)39(3)35-59)34-53(54,62)24-26-55-4/h9-14,17,19-20,31,35,42-44,46-47,49-51,55-58,60-62H,1,6-8,15-16,18,21-30,32-34,36H2,2-5H3/b11-9+,38-17+,45-14-,48-39?/t42-,43+,44+,47+,49+,50-,51-,52-,53-,54-/m1/s1. The van der Waals surface area contributed by atoms with E-state index in [1.807, 2.05) is 39.1 Å². The number of ether oxygens (including phenoxy) is 2. The second kappa shape index (κ2) is 23.1. The number of hydrogen-bond acceptors (Lipinski definition) is 10. The van der Waals surface area contributed by atoms with Crippen molar-refractivity contribution in [2.24, 2.45) is 40.9 Å². The highest BCUT2D eigenvalue weighted by atomic mass is 16.5. The minimum Gasteiger partial charge on any atom is -0.396 e. The van der Waals surface area contributed by atoms with Gasteiger partial charge in [0.05, 0.1) is 31.5 Å². The molecule has 6 rings (SSSR count). The topological polar surface area (TPSA) is 161 Å². The third kappa shape index (κ3) is 10.9. The smallest absolute Gasteiger partial charge is 0.145 e. The third-order valence-corrected chi connectivity index (χ3v) is 16.2. The van der Waals surface area contributed by atoms with Crippen LogP contribution in [0.1, 0.15) is 102 Å². The van der Waals surface area contributed by atoms with Gasteiger partial charge in [0, 0.05) is 43.1 Å². The highest BCUT2D eigenvalue weighted by Crippen LogP contribution is 2.67. The Balaban J connectivity index is 1.31. The van der Waals surface area contributed by atoms with E-state index in [-0.39, 0.29) is 61.6 Å². The first kappa shape index (κ1) is 50.4. The molecule has 0 aromatic heterocycles. The van der Waals surface area contributed by atoms with Gasteiger partial charge in [-0.25, -0.2) is 0 Å². The molecular weight excluding hydrogens is 805 g/mol. The lowest BCUT2D eigenvalue weighted by Crippen LogP contribution is -2.65. The van der Waals surface area contributed by atoms with Gasteiger partial charge in [0.15, 0.2) is 0 Å². The summed E-state index contributed by atoms with van der Waals surface area (Å²) in [5.41, 5.74) is 4.32. The lowest BCUT2D eigenvalue weighted by atomic mass is 9.45. The quantitative estimate of drug-likeness (QED) is 0.0273. The van der Waals surface area contributed by atoms with Gasteiger partial charge in [-0.3, -0.25) is 10.1 Å². The first-order chi connectivity index (χ1) is 30.9. The maximum Gasteiger partial charge on any atom is 0.145 e. The van der Waals surface area contributed by atoms with Crippen LogP contribution in [-0.4, -0.2) is 109 Å². The van der Waals surface area contributed by atoms with Gasteiger partial charge in [-0.05, 0) is 150 Å². The van der Waals surface area contributed by atoms with Crippen molar-refractivity contribution < 1.29 is 39.8 Å². The molecule has 354 valence electrons. The lowest BCUT2D eigenvalue weighted by molar-refractivity contribution is -0.194. The average molecular weight is 885 g/mol. The van der Waals surface area contributed by atoms with Crippen LogP contribution in [0.25, 0.3) is 0 Å². The zero-order chi connectivity index (χ0) is 45.9. The molecule has 0 amide bonds. The molecule has 3 fully saturated rings. The number of rotatable bonds is 18. The molecule has 1 aromatic rings. The molecule has 1 aliphatic heterocycles. The van der Waals surface area contributed by atoms with Gasteiger partial charge in [0.25, 0.3) is 0 Å². The van der Waals surface area contributed by atoms with Crippen LogP contribution in [-0.2, 0) is 27.1 Å². The third-order valence-electron chi connectivity index (χ3n) is 16.2. The summed E-state index contributed by atoms with van der Waals surface area (Å²) in [6.07, 6.45) is 23.1. The second-order valence-corrected chi connectivity index (χ2v) is 19.9. The van der Waals surface area contributed by atoms with Gasteiger partial charge in [-0.1, -0.05) is 97.7 Å². The van der Waals surface area contributed by atoms with Gasteiger partial charge in [0.2, 0.25) is 0 Å². The van der Waals surface area contributed by atoms with Gasteiger partial charge < -0.3 is 40.3 Å². The van der Waals surface area contributed by atoms with Crippen molar-refractivity contribution in [2.45, 2.75) is 127 Å². The fourth-order valence-electron chi connectivity index (χ4n) is 12.9. The molecule has 64 heavy (non-hydrogen) atoms. The lowest BCUT2D eigenvalue weighted by Gasteiger charge is -2.61. The molecule has 10 atom stereocenters. The Morgan fingerprint density at radius 1 is 1.05 bits per heavy atom. The van der Waals surface area contributed by atoms with E-state index in [0.717, 1.165) is 60.7 Å². The number of aliphatic hydroxyl groups excluding tert-OH is 4. The van der Waals surface area contributed by atoms with Crippen LogP contribution in [0.3, 0.4) is 0 Å². The first-order valence-corrected chi connectivity index (χ1v) is 24.3. The molecule has 1 spiro atoms. The summed E-state index contributed by atoms with van der Waals surface area (Å²) in [5, 5.41) is 64.6. The number of carbonyl (C=O) groups excluding carboxylic acids is 1. The summed E-state index contributed by atoms with van der Waals surface area (Å²) >= 11 is 0.